The summed E-state index contributed by atoms with van der Waals surface area (Å²) in [5.74, 6) is -0.338. The number of benzene rings is 1. The van der Waals surface area contributed by atoms with E-state index in [0.717, 1.165) is 12.1 Å². The summed E-state index contributed by atoms with van der Waals surface area (Å²) >= 11 is 0. The lowest BCUT2D eigenvalue weighted by Gasteiger charge is -2.14. The van der Waals surface area contributed by atoms with Gasteiger partial charge in [-0.1, -0.05) is 12.1 Å². The lowest BCUT2D eigenvalue weighted by Crippen LogP contribution is -2.27. The van der Waals surface area contributed by atoms with E-state index in [4.69, 9.17) is 0 Å². The Labute approximate surface area is 170 Å². The van der Waals surface area contributed by atoms with Gasteiger partial charge in [0, 0.05) is 32.3 Å². The van der Waals surface area contributed by atoms with E-state index in [2.05, 4.69) is 15.4 Å². The van der Waals surface area contributed by atoms with Crippen molar-refractivity contribution in [3.8, 4) is 5.69 Å². The summed E-state index contributed by atoms with van der Waals surface area (Å²) in [4.78, 5) is 29.3. The van der Waals surface area contributed by atoms with Crippen molar-refractivity contribution in [2.24, 2.45) is 0 Å². The smallest absolute Gasteiger partial charge is 0.347 e. The summed E-state index contributed by atoms with van der Waals surface area (Å²) in [6.07, 6.45) is -1.46. The highest BCUT2D eigenvalue weighted by Crippen LogP contribution is 2.30. The molecule has 156 valence electrons. The normalized spacial score (nSPS) is 11.2. The molecule has 2 heterocycles. The van der Waals surface area contributed by atoms with Crippen molar-refractivity contribution >= 4 is 17.6 Å². The number of hydrogen-bond acceptors (Lipinski definition) is 4. The van der Waals surface area contributed by atoms with Crippen molar-refractivity contribution < 1.29 is 22.8 Å². The van der Waals surface area contributed by atoms with Crippen molar-refractivity contribution in [2.75, 3.05) is 11.9 Å². The first-order valence-electron chi connectivity index (χ1n) is 8.86. The molecule has 0 radical (unpaired) electrons. The maximum Gasteiger partial charge on any atom is 0.416 e. The standard InChI is InChI=1S/C20H18F3N5O2/c1-13(29)27(2)18-8-4-7-17(26-18)19(30)24-10-14-11-25-28(12-14)16-6-3-5-15(9-16)20(21,22)23/h3-9,11-12H,10H2,1-2H3,(H,24,30). The fourth-order valence-electron chi connectivity index (χ4n) is 2.59. The Morgan fingerprint density at radius 2 is 1.90 bits per heavy atom. The van der Waals surface area contributed by atoms with Gasteiger partial charge in [-0.05, 0) is 30.3 Å². The third kappa shape index (κ3) is 4.83. The summed E-state index contributed by atoms with van der Waals surface area (Å²) in [6.45, 7) is 1.49. The maximum atomic E-state index is 12.9. The number of carbonyl (C=O) groups is 2. The molecule has 3 rings (SSSR count). The number of carbonyl (C=O) groups excluding carboxylic acids is 2. The maximum absolute atomic E-state index is 12.9. The molecule has 10 heteroatoms. The summed E-state index contributed by atoms with van der Waals surface area (Å²) in [5, 5.41) is 6.73. The molecule has 1 aromatic carbocycles. The lowest BCUT2D eigenvalue weighted by atomic mass is 10.2. The number of anilines is 1. The number of hydrogen-bond donors (Lipinski definition) is 1. The van der Waals surface area contributed by atoms with Crippen molar-refractivity contribution in [1.29, 1.82) is 0 Å². The molecular formula is C20H18F3N5O2. The summed E-state index contributed by atoms with van der Waals surface area (Å²) in [7, 11) is 1.55. The summed E-state index contributed by atoms with van der Waals surface area (Å²) in [6, 6.07) is 9.52. The molecule has 0 saturated carbocycles. The zero-order valence-electron chi connectivity index (χ0n) is 16.1. The van der Waals surface area contributed by atoms with Gasteiger partial charge in [0.05, 0.1) is 17.4 Å². The van der Waals surface area contributed by atoms with E-state index in [9.17, 15) is 22.8 Å². The number of halogens is 3. The molecule has 1 N–H and O–H groups in total. The molecule has 30 heavy (non-hydrogen) atoms. The predicted molar refractivity (Wildman–Crippen MR) is 103 cm³/mol. The van der Waals surface area contributed by atoms with E-state index in [-0.39, 0.29) is 23.8 Å². The largest absolute Gasteiger partial charge is 0.416 e. The van der Waals surface area contributed by atoms with Gasteiger partial charge >= 0.3 is 6.18 Å². The number of amides is 2. The Morgan fingerprint density at radius 1 is 1.17 bits per heavy atom. The van der Waals surface area contributed by atoms with Crippen LogP contribution in [-0.2, 0) is 17.5 Å². The van der Waals surface area contributed by atoms with Gasteiger partial charge in [-0.2, -0.15) is 18.3 Å². The lowest BCUT2D eigenvalue weighted by molar-refractivity contribution is -0.137. The SMILES string of the molecule is CC(=O)N(C)c1cccc(C(=O)NCc2cnn(-c3cccc(C(F)(F)F)c3)c2)n1. The minimum Gasteiger partial charge on any atom is -0.347 e. The molecule has 0 aliphatic heterocycles. The van der Waals surface area contributed by atoms with Gasteiger partial charge in [0.25, 0.3) is 5.91 Å². The Kier molecular flexibility index (Phi) is 5.86. The molecule has 0 saturated heterocycles. The zero-order valence-corrected chi connectivity index (χ0v) is 16.1. The highest BCUT2D eigenvalue weighted by atomic mass is 19.4. The summed E-state index contributed by atoms with van der Waals surface area (Å²) < 4.78 is 39.9. The second kappa shape index (κ2) is 8.36. The number of rotatable bonds is 5. The average Bonchev–Trinajstić information content (AvgIpc) is 3.20. The molecule has 0 bridgehead atoms. The third-order valence-corrected chi connectivity index (χ3v) is 4.31. The Balaban J connectivity index is 1.68. The molecule has 0 fully saturated rings. The predicted octanol–water partition coefficient (Wildman–Crippen LogP) is 3.20. The van der Waals surface area contributed by atoms with Gasteiger partial charge in [0.15, 0.2) is 0 Å². The van der Waals surface area contributed by atoms with Gasteiger partial charge in [-0.15, -0.1) is 0 Å². The molecule has 0 aliphatic rings. The zero-order chi connectivity index (χ0) is 21.9. The summed E-state index contributed by atoms with van der Waals surface area (Å²) in [5.41, 5.74) is 0.208. The Hall–Kier alpha value is -3.69. The number of alkyl halides is 3. The molecule has 0 aliphatic carbocycles. The number of nitrogens with one attached hydrogen (secondary N) is 1. The Morgan fingerprint density at radius 3 is 2.60 bits per heavy atom. The molecule has 0 atom stereocenters. The van der Waals surface area contributed by atoms with Crippen LogP contribution in [0.5, 0.6) is 0 Å². The Bertz CT molecular complexity index is 1080. The van der Waals surface area contributed by atoms with Crippen LogP contribution in [0.25, 0.3) is 5.69 Å². The van der Waals surface area contributed by atoms with Crippen molar-refractivity contribution in [1.82, 2.24) is 20.1 Å². The van der Waals surface area contributed by atoms with Crippen molar-refractivity contribution in [2.45, 2.75) is 19.6 Å². The average molecular weight is 417 g/mol. The first-order chi connectivity index (χ1) is 14.1. The number of aromatic nitrogens is 3. The molecular weight excluding hydrogens is 399 g/mol. The molecule has 7 nitrogen and oxygen atoms in total. The highest BCUT2D eigenvalue weighted by Gasteiger charge is 2.30. The van der Waals surface area contributed by atoms with Crippen LogP contribution in [0.15, 0.2) is 54.9 Å². The van der Waals surface area contributed by atoms with Crippen molar-refractivity contribution in [3.63, 3.8) is 0 Å². The van der Waals surface area contributed by atoms with Crippen LogP contribution in [0.1, 0.15) is 28.5 Å². The van der Waals surface area contributed by atoms with Crippen LogP contribution in [0.3, 0.4) is 0 Å². The van der Waals surface area contributed by atoms with Crippen LogP contribution in [-0.4, -0.2) is 33.6 Å². The second-order valence-corrected chi connectivity index (χ2v) is 6.48. The number of nitrogens with zero attached hydrogens (tertiary/aromatic N) is 4. The molecule has 2 aromatic heterocycles. The fraction of sp³-hybridized carbons (Fsp3) is 0.200. The van der Waals surface area contributed by atoms with Gasteiger partial charge in [-0.3, -0.25) is 9.59 Å². The molecule has 0 unspecified atom stereocenters. The topological polar surface area (TPSA) is 80.1 Å². The minimum atomic E-state index is -4.45. The van der Waals surface area contributed by atoms with Crippen molar-refractivity contribution in [3.05, 3.63) is 71.7 Å². The van der Waals surface area contributed by atoms with Crippen LogP contribution in [0.2, 0.25) is 0 Å². The third-order valence-electron chi connectivity index (χ3n) is 4.31. The van der Waals surface area contributed by atoms with E-state index in [1.807, 2.05) is 0 Å². The quantitative estimate of drug-likeness (QED) is 0.692. The minimum absolute atomic E-state index is 0.103. The first kappa shape index (κ1) is 21.0. The highest BCUT2D eigenvalue weighted by molar-refractivity contribution is 5.94. The van der Waals surface area contributed by atoms with Gasteiger partial charge in [-0.25, -0.2) is 9.67 Å². The van der Waals surface area contributed by atoms with E-state index in [0.29, 0.717) is 11.4 Å². The molecule has 3 aromatic rings. The molecule has 0 spiro atoms. The van der Waals surface area contributed by atoms with E-state index in [1.165, 1.54) is 47.1 Å². The fourth-order valence-corrected chi connectivity index (χ4v) is 2.59. The molecule has 2 amide bonds. The van der Waals surface area contributed by atoms with Gasteiger partial charge in [0.2, 0.25) is 5.91 Å². The first-order valence-corrected chi connectivity index (χ1v) is 8.86. The van der Waals surface area contributed by atoms with Crippen LogP contribution >= 0.6 is 0 Å². The van der Waals surface area contributed by atoms with E-state index >= 15 is 0 Å². The van der Waals surface area contributed by atoms with Crippen LogP contribution in [0.4, 0.5) is 19.0 Å². The second-order valence-electron chi connectivity index (χ2n) is 6.48. The van der Waals surface area contributed by atoms with Gasteiger partial charge in [0.1, 0.15) is 11.5 Å². The van der Waals surface area contributed by atoms with Gasteiger partial charge < -0.3 is 10.2 Å². The number of pyridine rings is 1. The van der Waals surface area contributed by atoms with E-state index in [1.54, 1.807) is 19.2 Å². The van der Waals surface area contributed by atoms with Crippen LogP contribution in [0, 0.1) is 0 Å². The van der Waals surface area contributed by atoms with E-state index < -0.39 is 17.6 Å². The monoisotopic (exact) mass is 417 g/mol. The van der Waals surface area contributed by atoms with Crippen LogP contribution < -0.4 is 10.2 Å².